The Kier molecular flexibility index (Phi) is 3.37. The third-order valence-electron chi connectivity index (χ3n) is 2.30. The molecule has 0 radical (unpaired) electrons. The largest absolute Gasteiger partial charge is 0.508 e. The predicted octanol–water partition coefficient (Wildman–Crippen LogP) is 0.0634. The fraction of sp³-hybridized carbons (Fsp3) is 0.200. The van der Waals surface area contributed by atoms with Gasteiger partial charge in [-0.25, -0.2) is 4.79 Å². The normalized spacial score (nSPS) is 12.0. The molecule has 0 aliphatic carbocycles. The average molecular weight is 249 g/mol. The Morgan fingerprint density at radius 1 is 1.44 bits per heavy atom. The lowest BCUT2D eigenvalue weighted by atomic mass is 10.1. The standard InChI is InChI=1S/C10H11N5O3/c11-10(17)18-5-9(15-13-6-12-14-15)7-1-3-8(16)4-2-7/h1-4,6,9,16H,5H2,(H2,11,17). The van der Waals surface area contributed by atoms with Gasteiger partial charge in [-0.2, -0.15) is 4.80 Å². The summed E-state index contributed by atoms with van der Waals surface area (Å²) in [5.74, 6) is 0.139. The summed E-state index contributed by atoms with van der Waals surface area (Å²) >= 11 is 0. The summed E-state index contributed by atoms with van der Waals surface area (Å²) in [6, 6.07) is 5.94. The van der Waals surface area contributed by atoms with Gasteiger partial charge in [0.1, 0.15) is 18.4 Å². The molecule has 0 spiro atoms. The number of hydrogen-bond donors (Lipinski definition) is 2. The summed E-state index contributed by atoms with van der Waals surface area (Å²) in [6.07, 6.45) is 0.399. The Labute approximate surface area is 102 Å². The number of amides is 1. The maximum absolute atomic E-state index is 10.7. The predicted molar refractivity (Wildman–Crippen MR) is 59.6 cm³/mol. The van der Waals surface area contributed by atoms with Crippen LogP contribution in [0, 0.1) is 0 Å². The molecule has 0 fully saturated rings. The molecule has 1 atom stereocenters. The van der Waals surface area contributed by atoms with Gasteiger partial charge >= 0.3 is 6.09 Å². The van der Waals surface area contributed by atoms with Crippen LogP contribution in [-0.2, 0) is 4.74 Å². The topological polar surface area (TPSA) is 116 Å². The molecule has 1 unspecified atom stereocenters. The minimum absolute atomic E-state index is 0.0174. The van der Waals surface area contributed by atoms with E-state index >= 15 is 0 Å². The number of rotatable bonds is 4. The molecule has 0 bridgehead atoms. The Balaban J connectivity index is 2.24. The maximum Gasteiger partial charge on any atom is 0.404 e. The molecule has 1 aromatic heterocycles. The summed E-state index contributed by atoms with van der Waals surface area (Å²) in [7, 11) is 0. The summed E-state index contributed by atoms with van der Waals surface area (Å²) in [6.45, 7) is -0.0174. The van der Waals surface area contributed by atoms with E-state index in [0.717, 1.165) is 5.56 Å². The van der Waals surface area contributed by atoms with Crippen molar-refractivity contribution >= 4 is 6.09 Å². The van der Waals surface area contributed by atoms with Crippen molar-refractivity contribution in [2.75, 3.05) is 6.61 Å². The number of primary amides is 1. The molecular weight excluding hydrogens is 238 g/mol. The number of benzene rings is 1. The second-order valence-electron chi connectivity index (χ2n) is 3.49. The van der Waals surface area contributed by atoms with Crippen LogP contribution >= 0.6 is 0 Å². The first-order valence-corrected chi connectivity index (χ1v) is 5.10. The number of phenolic OH excluding ortho intramolecular Hbond substituents is 1. The van der Waals surface area contributed by atoms with E-state index in [1.165, 1.54) is 23.3 Å². The Morgan fingerprint density at radius 3 is 2.72 bits per heavy atom. The zero-order valence-corrected chi connectivity index (χ0v) is 9.30. The highest BCUT2D eigenvalue weighted by molar-refractivity contribution is 5.64. The zero-order valence-electron chi connectivity index (χ0n) is 9.30. The van der Waals surface area contributed by atoms with Crippen LogP contribution < -0.4 is 5.73 Å². The van der Waals surface area contributed by atoms with Crippen LogP contribution in [0.3, 0.4) is 0 Å². The number of nitrogens with two attached hydrogens (primary N) is 1. The van der Waals surface area contributed by atoms with Gasteiger partial charge in [-0.05, 0) is 22.9 Å². The fourth-order valence-electron chi connectivity index (χ4n) is 1.47. The number of tetrazole rings is 1. The van der Waals surface area contributed by atoms with Crippen molar-refractivity contribution in [3.05, 3.63) is 36.2 Å². The lowest BCUT2D eigenvalue weighted by Crippen LogP contribution is -2.23. The molecule has 18 heavy (non-hydrogen) atoms. The van der Waals surface area contributed by atoms with Crippen molar-refractivity contribution in [3.8, 4) is 5.75 Å². The molecule has 1 amide bonds. The summed E-state index contributed by atoms with van der Waals surface area (Å²) in [5, 5.41) is 20.5. The van der Waals surface area contributed by atoms with Crippen LogP contribution in [-0.4, -0.2) is 38.0 Å². The Morgan fingerprint density at radius 2 is 2.17 bits per heavy atom. The number of nitrogens with zero attached hydrogens (tertiary/aromatic N) is 4. The highest BCUT2D eigenvalue weighted by Gasteiger charge is 2.17. The van der Waals surface area contributed by atoms with Crippen molar-refractivity contribution in [3.63, 3.8) is 0 Å². The molecule has 1 heterocycles. The van der Waals surface area contributed by atoms with E-state index in [1.54, 1.807) is 12.1 Å². The van der Waals surface area contributed by atoms with E-state index in [9.17, 15) is 9.90 Å². The second-order valence-corrected chi connectivity index (χ2v) is 3.49. The van der Waals surface area contributed by atoms with E-state index in [0.29, 0.717) is 0 Å². The van der Waals surface area contributed by atoms with Gasteiger partial charge in [0.05, 0.1) is 0 Å². The van der Waals surface area contributed by atoms with E-state index in [2.05, 4.69) is 15.4 Å². The number of aromatic nitrogens is 4. The molecule has 2 aromatic rings. The smallest absolute Gasteiger partial charge is 0.404 e. The second kappa shape index (κ2) is 5.13. The van der Waals surface area contributed by atoms with Gasteiger partial charge in [-0.3, -0.25) is 0 Å². The number of aromatic hydroxyl groups is 1. The molecule has 2 rings (SSSR count). The SMILES string of the molecule is NC(=O)OCC(c1ccc(O)cc1)n1ncnn1. The van der Waals surface area contributed by atoms with E-state index in [4.69, 9.17) is 10.5 Å². The molecular formula is C10H11N5O3. The first-order valence-electron chi connectivity index (χ1n) is 5.10. The number of phenols is 1. The van der Waals surface area contributed by atoms with Crippen LogP contribution in [0.2, 0.25) is 0 Å². The molecule has 94 valence electrons. The van der Waals surface area contributed by atoms with Gasteiger partial charge in [0.25, 0.3) is 0 Å². The highest BCUT2D eigenvalue weighted by atomic mass is 16.5. The number of carbonyl (C=O) groups is 1. The molecule has 0 aliphatic heterocycles. The van der Waals surface area contributed by atoms with Crippen LogP contribution in [0.15, 0.2) is 30.6 Å². The van der Waals surface area contributed by atoms with Crippen molar-refractivity contribution in [2.24, 2.45) is 5.73 Å². The fourth-order valence-corrected chi connectivity index (χ4v) is 1.47. The molecule has 3 N–H and O–H groups in total. The molecule has 8 heteroatoms. The van der Waals surface area contributed by atoms with Crippen LogP contribution in [0.1, 0.15) is 11.6 Å². The third kappa shape index (κ3) is 2.73. The third-order valence-corrected chi connectivity index (χ3v) is 2.30. The van der Waals surface area contributed by atoms with E-state index < -0.39 is 12.1 Å². The van der Waals surface area contributed by atoms with E-state index in [1.807, 2.05) is 0 Å². The molecule has 1 aromatic carbocycles. The van der Waals surface area contributed by atoms with Gasteiger partial charge < -0.3 is 15.6 Å². The monoisotopic (exact) mass is 249 g/mol. The lowest BCUT2D eigenvalue weighted by Gasteiger charge is -2.15. The average Bonchev–Trinajstić information content (AvgIpc) is 2.85. The van der Waals surface area contributed by atoms with E-state index in [-0.39, 0.29) is 12.4 Å². The molecule has 0 aliphatic rings. The van der Waals surface area contributed by atoms with Gasteiger partial charge in [-0.15, -0.1) is 10.2 Å². The van der Waals surface area contributed by atoms with Gasteiger partial charge in [0.15, 0.2) is 6.33 Å². The quantitative estimate of drug-likeness (QED) is 0.791. The minimum atomic E-state index is -0.876. The summed E-state index contributed by atoms with van der Waals surface area (Å²) in [5.41, 5.74) is 5.69. The summed E-state index contributed by atoms with van der Waals surface area (Å²) in [4.78, 5) is 12.0. The number of hydrogen-bond acceptors (Lipinski definition) is 6. The van der Waals surface area contributed by atoms with Gasteiger partial charge in [0.2, 0.25) is 0 Å². The molecule has 0 saturated heterocycles. The summed E-state index contributed by atoms with van der Waals surface area (Å²) < 4.78 is 4.76. The van der Waals surface area contributed by atoms with Crippen molar-refractivity contribution < 1.29 is 14.6 Å². The maximum atomic E-state index is 10.7. The highest BCUT2D eigenvalue weighted by Crippen LogP contribution is 2.19. The van der Waals surface area contributed by atoms with Crippen molar-refractivity contribution in [1.82, 2.24) is 20.2 Å². The minimum Gasteiger partial charge on any atom is -0.508 e. The van der Waals surface area contributed by atoms with Crippen molar-refractivity contribution in [1.29, 1.82) is 0 Å². The van der Waals surface area contributed by atoms with Crippen LogP contribution in [0.5, 0.6) is 5.75 Å². The van der Waals surface area contributed by atoms with Crippen LogP contribution in [0.4, 0.5) is 4.79 Å². The molecule has 0 saturated carbocycles. The Hall–Kier alpha value is -2.64. The van der Waals surface area contributed by atoms with Crippen molar-refractivity contribution in [2.45, 2.75) is 6.04 Å². The first-order chi connectivity index (χ1) is 8.66. The number of ether oxygens (including phenoxy) is 1. The van der Waals surface area contributed by atoms with Crippen LogP contribution in [0.25, 0.3) is 0 Å². The zero-order chi connectivity index (χ0) is 13.0. The Bertz CT molecular complexity index is 511. The van der Waals surface area contributed by atoms with Gasteiger partial charge in [-0.1, -0.05) is 12.1 Å². The lowest BCUT2D eigenvalue weighted by molar-refractivity contribution is 0.139. The first kappa shape index (κ1) is 11.8. The van der Waals surface area contributed by atoms with Gasteiger partial charge in [0, 0.05) is 0 Å². The number of carbonyl (C=O) groups excluding carboxylic acids is 1. The molecule has 8 nitrogen and oxygen atoms in total.